The highest BCUT2D eigenvalue weighted by Gasteiger charge is 2.18. The standard InChI is InChI=1S/C17H19ClN2O3/c1-3-11-10(9-21)6-5-7-13(11)19-14-8-15(18)20-12(4-2)16(14)17(22)23/h5-8,21H,3-4,9H2,1-2H3,(H,19,20)(H,22,23). The van der Waals surface area contributed by atoms with Gasteiger partial charge in [-0.15, -0.1) is 0 Å². The third kappa shape index (κ3) is 3.63. The zero-order valence-electron chi connectivity index (χ0n) is 13.1. The molecule has 0 aliphatic rings. The Labute approximate surface area is 140 Å². The predicted octanol–water partition coefficient (Wildman–Crippen LogP) is 3.79. The van der Waals surface area contributed by atoms with Crippen molar-refractivity contribution in [1.29, 1.82) is 0 Å². The summed E-state index contributed by atoms with van der Waals surface area (Å²) in [5.41, 5.74) is 3.46. The molecular weight excluding hydrogens is 316 g/mol. The molecule has 0 amide bonds. The van der Waals surface area contributed by atoms with Crippen molar-refractivity contribution < 1.29 is 15.0 Å². The minimum absolute atomic E-state index is 0.0677. The average Bonchev–Trinajstić information content (AvgIpc) is 2.53. The molecule has 0 atom stereocenters. The van der Waals surface area contributed by atoms with Gasteiger partial charge in [0.25, 0.3) is 0 Å². The van der Waals surface area contributed by atoms with E-state index in [0.717, 1.165) is 16.8 Å². The predicted molar refractivity (Wildman–Crippen MR) is 90.6 cm³/mol. The number of pyridine rings is 1. The van der Waals surface area contributed by atoms with Crippen molar-refractivity contribution in [3.8, 4) is 0 Å². The van der Waals surface area contributed by atoms with E-state index in [4.69, 9.17) is 11.6 Å². The van der Waals surface area contributed by atoms with Crippen LogP contribution < -0.4 is 5.32 Å². The fourth-order valence-corrected chi connectivity index (χ4v) is 2.83. The van der Waals surface area contributed by atoms with Crippen molar-refractivity contribution >= 4 is 28.9 Å². The molecule has 0 saturated carbocycles. The van der Waals surface area contributed by atoms with Crippen molar-refractivity contribution in [3.63, 3.8) is 0 Å². The Morgan fingerprint density at radius 1 is 1.26 bits per heavy atom. The number of aliphatic hydroxyl groups is 1. The summed E-state index contributed by atoms with van der Waals surface area (Å²) in [7, 11) is 0. The van der Waals surface area contributed by atoms with Crippen LogP contribution in [0.5, 0.6) is 0 Å². The first-order chi connectivity index (χ1) is 11.0. The molecule has 1 heterocycles. The monoisotopic (exact) mass is 334 g/mol. The summed E-state index contributed by atoms with van der Waals surface area (Å²) < 4.78 is 0. The lowest BCUT2D eigenvalue weighted by Crippen LogP contribution is -2.10. The van der Waals surface area contributed by atoms with E-state index in [0.29, 0.717) is 24.2 Å². The molecule has 0 unspecified atom stereocenters. The number of anilines is 2. The van der Waals surface area contributed by atoms with Gasteiger partial charge in [-0.1, -0.05) is 37.6 Å². The molecule has 2 rings (SSSR count). The van der Waals surface area contributed by atoms with Crippen LogP contribution >= 0.6 is 11.6 Å². The van der Waals surface area contributed by atoms with Crippen LogP contribution in [0, 0.1) is 0 Å². The van der Waals surface area contributed by atoms with E-state index in [1.54, 1.807) is 0 Å². The quantitative estimate of drug-likeness (QED) is 0.700. The largest absolute Gasteiger partial charge is 0.478 e. The van der Waals surface area contributed by atoms with Crippen LogP contribution in [0.3, 0.4) is 0 Å². The molecule has 23 heavy (non-hydrogen) atoms. The Hall–Kier alpha value is -2.11. The number of aliphatic hydroxyl groups excluding tert-OH is 1. The van der Waals surface area contributed by atoms with Crippen molar-refractivity contribution in [2.24, 2.45) is 0 Å². The zero-order chi connectivity index (χ0) is 17.0. The first kappa shape index (κ1) is 17.2. The van der Waals surface area contributed by atoms with Crippen LogP contribution in [0.15, 0.2) is 24.3 Å². The van der Waals surface area contributed by atoms with Crippen molar-refractivity contribution in [2.45, 2.75) is 33.3 Å². The summed E-state index contributed by atoms with van der Waals surface area (Å²) in [4.78, 5) is 15.7. The third-order valence-electron chi connectivity index (χ3n) is 3.68. The second-order valence-corrected chi connectivity index (χ2v) is 5.44. The summed E-state index contributed by atoms with van der Waals surface area (Å²) in [6, 6.07) is 7.02. The number of hydrogen-bond donors (Lipinski definition) is 3. The topological polar surface area (TPSA) is 82.5 Å². The van der Waals surface area contributed by atoms with Crippen LogP contribution in [-0.4, -0.2) is 21.2 Å². The number of benzene rings is 1. The van der Waals surface area contributed by atoms with Gasteiger partial charge in [-0.3, -0.25) is 0 Å². The molecule has 0 saturated heterocycles. The normalized spacial score (nSPS) is 10.6. The molecule has 3 N–H and O–H groups in total. The van der Waals surface area contributed by atoms with Gasteiger partial charge < -0.3 is 15.5 Å². The Balaban J connectivity index is 2.57. The smallest absolute Gasteiger partial charge is 0.339 e. The van der Waals surface area contributed by atoms with E-state index in [1.807, 2.05) is 32.0 Å². The summed E-state index contributed by atoms with van der Waals surface area (Å²) >= 11 is 6.02. The van der Waals surface area contributed by atoms with Gasteiger partial charge >= 0.3 is 5.97 Å². The summed E-state index contributed by atoms with van der Waals surface area (Å²) in [6.45, 7) is 3.75. The molecule has 0 aliphatic heterocycles. The Bertz CT molecular complexity index is 732. The van der Waals surface area contributed by atoms with Gasteiger partial charge in [-0.2, -0.15) is 0 Å². The molecule has 122 valence electrons. The number of aromatic nitrogens is 1. The molecule has 1 aromatic carbocycles. The Morgan fingerprint density at radius 3 is 2.57 bits per heavy atom. The number of nitrogens with zero attached hydrogens (tertiary/aromatic N) is 1. The fraction of sp³-hybridized carbons (Fsp3) is 0.294. The minimum atomic E-state index is -1.05. The lowest BCUT2D eigenvalue weighted by Gasteiger charge is -2.17. The molecule has 1 aromatic heterocycles. The number of carbonyl (C=O) groups is 1. The van der Waals surface area contributed by atoms with Gasteiger partial charge in [0.2, 0.25) is 0 Å². The molecule has 0 radical (unpaired) electrons. The van der Waals surface area contributed by atoms with Crippen LogP contribution in [0.1, 0.15) is 41.0 Å². The van der Waals surface area contributed by atoms with Crippen LogP contribution in [0.25, 0.3) is 0 Å². The van der Waals surface area contributed by atoms with E-state index in [-0.39, 0.29) is 17.3 Å². The van der Waals surface area contributed by atoms with Gasteiger partial charge in [-0.05, 0) is 36.1 Å². The SMILES string of the molecule is CCc1nc(Cl)cc(Nc2cccc(CO)c2CC)c1C(=O)O. The number of carboxylic acids is 1. The number of aromatic carboxylic acids is 1. The van der Waals surface area contributed by atoms with E-state index in [1.165, 1.54) is 6.07 Å². The summed E-state index contributed by atoms with van der Waals surface area (Å²) in [5, 5.41) is 22.4. The lowest BCUT2D eigenvalue weighted by atomic mass is 10.0. The van der Waals surface area contributed by atoms with Crippen LogP contribution in [-0.2, 0) is 19.4 Å². The van der Waals surface area contributed by atoms with E-state index >= 15 is 0 Å². The highest BCUT2D eigenvalue weighted by atomic mass is 35.5. The van der Waals surface area contributed by atoms with Crippen LogP contribution in [0.4, 0.5) is 11.4 Å². The maximum Gasteiger partial charge on any atom is 0.339 e. The molecule has 2 aromatic rings. The van der Waals surface area contributed by atoms with Gasteiger partial charge in [0.05, 0.1) is 18.0 Å². The highest BCUT2D eigenvalue weighted by Crippen LogP contribution is 2.30. The highest BCUT2D eigenvalue weighted by molar-refractivity contribution is 6.29. The number of nitrogens with one attached hydrogen (secondary N) is 1. The average molecular weight is 335 g/mol. The molecule has 0 aliphatic carbocycles. The van der Waals surface area contributed by atoms with Crippen LogP contribution in [0.2, 0.25) is 5.15 Å². The van der Waals surface area contributed by atoms with Crippen molar-refractivity contribution in [2.75, 3.05) is 5.32 Å². The summed E-state index contributed by atoms with van der Waals surface area (Å²) in [5.74, 6) is -1.05. The number of halogens is 1. The lowest BCUT2D eigenvalue weighted by molar-refractivity contribution is 0.0696. The Kier molecular flexibility index (Phi) is 5.58. The minimum Gasteiger partial charge on any atom is -0.478 e. The fourth-order valence-electron chi connectivity index (χ4n) is 2.62. The van der Waals surface area contributed by atoms with E-state index in [2.05, 4.69) is 10.3 Å². The zero-order valence-corrected chi connectivity index (χ0v) is 13.8. The molecule has 0 fully saturated rings. The van der Waals surface area contributed by atoms with Crippen molar-refractivity contribution in [3.05, 3.63) is 51.8 Å². The molecule has 5 nitrogen and oxygen atoms in total. The van der Waals surface area contributed by atoms with Gasteiger partial charge in [0.1, 0.15) is 10.7 Å². The molecule has 6 heteroatoms. The van der Waals surface area contributed by atoms with E-state index in [9.17, 15) is 15.0 Å². The number of rotatable bonds is 6. The van der Waals surface area contributed by atoms with Gasteiger partial charge in [0, 0.05) is 5.69 Å². The molecule has 0 bridgehead atoms. The first-order valence-corrected chi connectivity index (χ1v) is 7.80. The second kappa shape index (κ2) is 7.44. The second-order valence-electron chi connectivity index (χ2n) is 5.05. The Morgan fingerprint density at radius 2 is 2.00 bits per heavy atom. The number of hydrogen-bond acceptors (Lipinski definition) is 4. The molecular formula is C17H19ClN2O3. The first-order valence-electron chi connectivity index (χ1n) is 7.43. The maximum absolute atomic E-state index is 11.6. The number of carboxylic acid groups (broad SMARTS) is 1. The maximum atomic E-state index is 11.6. The van der Waals surface area contributed by atoms with Gasteiger partial charge in [0.15, 0.2) is 0 Å². The molecule has 0 spiro atoms. The third-order valence-corrected chi connectivity index (χ3v) is 3.87. The van der Waals surface area contributed by atoms with E-state index < -0.39 is 5.97 Å². The van der Waals surface area contributed by atoms with Crippen molar-refractivity contribution in [1.82, 2.24) is 4.98 Å². The number of aryl methyl sites for hydroxylation is 1. The summed E-state index contributed by atoms with van der Waals surface area (Å²) in [6.07, 6.45) is 1.18. The van der Waals surface area contributed by atoms with Gasteiger partial charge in [-0.25, -0.2) is 9.78 Å².